The summed E-state index contributed by atoms with van der Waals surface area (Å²) in [5.41, 5.74) is 2.18. The molecule has 1 aliphatic carbocycles. The fourth-order valence-corrected chi connectivity index (χ4v) is 1.81. The van der Waals surface area contributed by atoms with Crippen LogP contribution in [0.1, 0.15) is 24.5 Å². The number of carbonyl (C=O) groups excluding carboxylic acids is 2. The van der Waals surface area contributed by atoms with Crippen molar-refractivity contribution in [3.8, 4) is 5.75 Å². The van der Waals surface area contributed by atoms with Gasteiger partial charge in [0, 0.05) is 19.8 Å². The molecule has 0 spiro atoms. The van der Waals surface area contributed by atoms with Gasteiger partial charge in [-0.1, -0.05) is 6.07 Å². The molecule has 2 rings (SSSR count). The second-order valence-corrected chi connectivity index (χ2v) is 3.74. The van der Waals surface area contributed by atoms with Crippen molar-refractivity contribution in [1.29, 1.82) is 0 Å². The lowest BCUT2D eigenvalue weighted by Crippen LogP contribution is -2.13. The smallest absolute Gasteiger partial charge is 0.308 e. The first-order chi connectivity index (χ1) is 7.15. The third kappa shape index (κ3) is 2.24. The van der Waals surface area contributed by atoms with Crippen molar-refractivity contribution in [1.82, 2.24) is 0 Å². The van der Waals surface area contributed by atoms with Gasteiger partial charge in [0.15, 0.2) is 0 Å². The fourth-order valence-electron chi connectivity index (χ4n) is 1.81. The van der Waals surface area contributed by atoms with Gasteiger partial charge in [-0.05, 0) is 29.7 Å². The van der Waals surface area contributed by atoms with Crippen molar-refractivity contribution in [2.45, 2.75) is 26.2 Å². The Hall–Kier alpha value is -1.64. The first-order valence-corrected chi connectivity index (χ1v) is 4.97. The maximum atomic E-state index is 11.2. The molecule has 0 fully saturated rings. The van der Waals surface area contributed by atoms with Gasteiger partial charge in [-0.3, -0.25) is 9.59 Å². The minimum atomic E-state index is -0.318. The van der Waals surface area contributed by atoms with Crippen molar-refractivity contribution in [2.75, 3.05) is 0 Å². The molecule has 78 valence electrons. The molecule has 1 aromatic carbocycles. The predicted octanol–water partition coefficient (Wildman–Crippen LogP) is 1.67. The summed E-state index contributed by atoms with van der Waals surface area (Å²) in [4.78, 5) is 22.0. The highest BCUT2D eigenvalue weighted by atomic mass is 16.5. The van der Waals surface area contributed by atoms with E-state index in [2.05, 4.69) is 0 Å². The first-order valence-electron chi connectivity index (χ1n) is 4.97. The molecule has 0 saturated heterocycles. The Labute approximate surface area is 88.1 Å². The lowest BCUT2D eigenvalue weighted by molar-refractivity contribution is -0.131. The van der Waals surface area contributed by atoms with E-state index in [4.69, 9.17) is 4.74 Å². The van der Waals surface area contributed by atoms with Crippen LogP contribution in [0.25, 0.3) is 0 Å². The Morgan fingerprint density at radius 1 is 1.27 bits per heavy atom. The molecule has 0 radical (unpaired) electrons. The zero-order chi connectivity index (χ0) is 10.8. The minimum Gasteiger partial charge on any atom is -0.427 e. The number of carbonyl (C=O) groups is 2. The van der Waals surface area contributed by atoms with E-state index < -0.39 is 0 Å². The Morgan fingerprint density at radius 2 is 2.07 bits per heavy atom. The Kier molecular flexibility index (Phi) is 2.54. The van der Waals surface area contributed by atoms with Crippen LogP contribution in [0.4, 0.5) is 0 Å². The highest BCUT2D eigenvalue weighted by molar-refractivity contribution is 5.83. The van der Waals surface area contributed by atoms with Gasteiger partial charge in [-0.15, -0.1) is 0 Å². The molecule has 0 atom stereocenters. The molecule has 0 aliphatic heterocycles. The summed E-state index contributed by atoms with van der Waals surface area (Å²) in [5, 5.41) is 0. The molecule has 0 N–H and O–H groups in total. The van der Waals surface area contributed by atoms with E-state index in [9.17, 15) is 9.59 Å². The standard InChI is InChI=1S/C12H12O3/c1-8(13)15-12-5-3-9-6-11(14)4-2-10(9)7-12/h3,5,7H,2,4,6H2,1H3. The maximum absolute atomic E-state index is 11.2. The third-order valence-electron chi connectivity index (χ3n) is 2.50. The molecular formula is C12H12O3. The predicted molar refractivity (Wildman–Crippen MR) is 54.8 cm³/mol. The zero-order valence-electron chi connectivity index (χ0n) is 8.58. The molecule has 15 heavy (non-hydrogen) atoms. The molecule has 1 aromatic rings. The van der Waals surface area contributed by atoms with Gasteiger partial charge in [-0.25, -0.2) is 0 Å². The summed E-state index contributed by atoms with van der Waals surface area (Å²) in [6.45, 7) is 1.38. The lowest BCUT2D eigenvalue weighted by Gasteiger charge is -2.15. The quantitative estimate of drug-likeness (QED) is 0.516. The Morgan fingerprint density at radius 3 is 2.80 bits per heavy atom. The van der Waals surface area contributed by atoms with Crippen LogP contribution >= 0.6 is 0 Å². The minimum absolute atomic E-state index is 0.280. The van der Waals surface area contributed by atoms with Crippen LogP contribution < -0.4 is 4.74 Å². The molecular weight excluding hydrogens is 192 g/mol. The number of fused-ring (bicyclic) bond motifs is 1. The van der Waals surface area contributed by atoms with Crippen LogP contribution in [0, 0.1) is 0 Å². The fraction of sp³-hybridized carbons (Fsp3) is 0.333. The van der Waals surface area contributed by atoms with Crippen molar-refractivity contribution in [3.05, 3.63) is 29.3 Å². The molecule has 3 heteroatoms. The first kappa shape index (κ1) is 9.90. The number of hydrogen-bond acceptors (Lipinski definition) is 3. The average Bonchev–Trinajstić information content (AvgIpc) is 2.17. The summed E-state index contributed by atoms with van der Waals surface area (Å²) < 4.78 is 4.98. The number of aryl methyl sites for hydroxylation is 1. The number of rotatable bonds is 1. The molecule has 0 aromatic heterocycles. The van der Waals surface area contributed by atoms with Crippen molar-refractivity contribution in [3.63, 3.8) is 0 Å². The average molecular weight is 204 g/mol. The van der Waals surface area contributed by atoms with Crippen LogP contribution in [-0.2, 0) is 22.4 Å². The van der Waals surface area contributed by atoms with Crippen molar-refractivity contribution < 1.29 is 14.3 Å². The SMILES string of the molecule is CC(=O)Oc1ccc2c(c1)CCC(=O)C2. The van der Waals surface area contributed by atoms with Gasteiger partial charge in [0.25, 0.3) is 0 Å². The summed E-state index contributed by atoms with van der Waals surface area (Å²) >= 11 is 0. The number of Topliss-reactive ketones (excluding diaryl/α,β-unsaturated/α-hetero) is 1. The number of esters is 1. The van der Waals surface area contributed by atoms with Gasteiger partial charge < -0.3 is 4.74 Å². The van der Waals surface area contributed by atoms with E-state index in [-0.39, 0.29) is 11.8 Å². The number of benzene rings is 1. The summed E-state index contributed by atoms with van der Waals surface area (Å²) in [6.07, 6.45) is 1.86. The van der Waals surface area contributed by atoms with Crippen LogP contribution in [0.5, 0.6) is 5.75 Å². The van der Waals surface area contributed by atoms with E-state index >= 15 is 0 Å². The van der Waals surface area contributed by atoms with Gasteiger partial charge in [0.1, 0.15) is 11.5 Å². The van der Waals surface area contributed by atoms with E-state index in [1.807, 2.05) is 12.1 Å². The zero-order valence-corrected chi connectivity index (χ0v) is 8.58. The normalized spacial score (nSPS) is 14.6. The summed E-state index contributed by atoms with van der Waals surface area (Å²) in [5.74, 6) is 0.528. The largest absolute Gasteiger partial charge is 0.427 e. The van der Waals surface area contributed by atoms with Crippen LogP contribution in [0.3, 0.4) is 0 Å². The van der Waals surface area contributed by atoms with Crippen molar-refractivity contribution >= 4 is 11.8 Å². The highest BCUT2D eigenvalue weighted by Crippen LogP contribution is 2.24. The Bertz CT molecular complexity index is 421. The highest BCUT2D eigenvalue weighted by Gasteiger charge is 2.16. The van der Waals surface area contributed by atoms with Crippen molar-refractivity contribution in [2.24, 2.45) is 0 Å². The van der Waals surface area contributed by atoms with Gasteiger partial charge >= 0.3 is 5.97 Å². The molecule has 0 saturated carbocycles. The molecule has 0 heterocycles. The number of ketones is 1. The molecule has 0 unspecified atom stereocenters. The number of ether oxygens (including phenoxy) is 1. The third-order valence-corrected chi connectivity index (χ3v) is 2.50. The molecule has 0 amide bonds. The van der Waals surface area contributed by atoms with Crippen LogP contribution in [-0.4, -0.2) is 11.8 Å². The monoisotopic (exact) mass is 204 g/mol. The molecule has 1 aliphatic rings. The summed E-state index contributed by atoms with van der Waals surface area (Å²) in [7, 11) is 0. The van der Waals surface area contributed by atoms with Gasteiger partial charge in [0.05, 0.1) is 0 Å². The van der Waals surface area contributed by atoms with Gasteiger partial charge in [-0.2, -0.15) is 0 Å². The Balaban J connectivity index is 2.26. The maximum Gasteiger partial charge on any atom is 0.308 e. The van der Waals surface area contributed by atoms with E-state index in [0.29, 0.717) is 18.6 Å². The van der Waals surface area contributed by atoms with E-state index in [0.717, 1.165) is 17.5 Å². The lowest BCUT2D eigenvalue weighted by atomic mass is 9.91. The second kappa shape index (κ2) is 3.85. The topological polar surface area (TPSA) is 43.4 Å². The number of hydrogen-bond donors (Lipinski definition) is 0. The second-order valence-electron chi connectivity index (χ2n) is 3.74. The summed E-state index contributed by atoms with van der Waals surface area (Å²) in [6, 6.07) is 5.45. The van der Waals surface area contributed by atoms with Crippen LogP contribution in [0.15, 0.2) is 18.2 Å². The molecule has 0 bridgehead atoms. The van der Waals surface area contributed by atoms with Gasteiger partial charge in [0.2, 0.25) is 0 Å². The van der Waals surface area contributed by atoms with E-state index in [1.165, 1.54) is 6.92 Å². The van der Waals surface area contributed by atoms with Crippen LogP contribution in [0.2, 0.25) is 0 Å². The van der Waals surface area contributed by atoms with E-state index in [1.54, 1.807) is 6.07 Å². The molecule has 3 nitrogen and oxygen atoms in total.